The van der Waals surface area contributed by atoms with Crippen LogP contribution in [0.3, 0.4) is 0 Å². The zero-order valence-corrected chi connectivity index (χ0v) is 40.3. The number of hydrogen-bond donors (Lipinski definition) is 10. The Morgan fingerprint density at radius 1 is 0.676 bits per heavy atom. The van der Waals surface area contributed by atoms with Gasteiger partial charge in [0.15, 0.2) is 0 Å². The molecule has 3 aliphatic rings. The van der Waals surface area contributed by atoms with E-state index in [0.29, 0.717) is 12.0 Å². The van der Waals surface area contributed by atoms with Gasteiger partial charge in [-0.15, -0.1) is 0 Å². The molecule has 10 atom stereocenters. The predicted octanol–water partition coefficient (Wildman–Crippen LogP) is 1.34. The predicted molar refractivity (Wildman–Crippen MR) is 252 cm³/mol. The normalized spacial score (nSPS) is 26.7. The van der Waals surface area contributed by atoms with Crippen molar-refractivity contribution in [2.45, 2.75) is 210 Å². The first-order valence-corrected chi connectivity index (χ1v) is 25.1. The van der Waals surface area contributed by atoms with Gasteiger partial charge in [0.1, 0.15) is 42.0 Å². The van der Waals surface area contributed by atoms with Crippen LogP contribution in [0.2, 0.25) is 0 Å². The molecule has 68 heavy (non-hydrogen) atoms. The van der Waals surface area contributed by atoms with Crippen LogP contribution < -0.4 is 26.6 Å². The number of amides is 7. The van der Waals surface area contributed by atoms with Crippen LogP contribution in [0.5, 0.6) is 5.75 Å². The Bertz CT molecular complexity index is 1800. The molecular weight excluding hydrogens is 879 g/mol. The summed E-state index contributed by atoms with van der Waals surface area (Å²) in [6, 6.07) is -2.29. The number of nitrogens with zero attached hydrogens (tertiary/aromatic N) is 2. The Morgan fingerprint density at radius 2 is 1.16 bits per heavy atom. The van der Waals surface area contributed by atoms with Crippen LogP contribution in [0, 0.1) is 0 Å². The van der Waals surface area contributed by atoms with Gasteiger partial charge in [-0.25, -0.2) is 0 Å². The van der Waals surface area contributed by atoms with Crippen molar-refractivity contribution in [2.24, 2.45) is 0 Å². The molecule has 1 aromatic carbocycles. The van der Waals surface area contributed by atoms with Crippen LogP contribution in [-0.4, -0.2) is 157 Å². The van der Waals surface area contributed by atoms with Crippen molar-refractivity contribution in [1.82, 2.24) is 36.4 Å². The van der Waals surface area contributed by atoms with E-state index in [1.807, 2.05) is 0 Å². The average molecular weight is 958 g/mol. The van der Waals surface area contributed by atoms with E-state index in [9.17, 15) is 59.1 Å². The van der Waals surface area contributed by atoms with Crippen LogP contribution in [-0.2, 0) is 40.0 Å². The number of unbranched alkanes of at least 4 members (excludes halogenated alkanes) is 12. The van der Waals surface area contributed by atoms with E-state index in [1.54, 1.807) is 12.1 Å². The highest BCUT2D eigenvalue weighted by Gasteiger charge is 2.46. The third-order valence-corrected chi connectivity index (χ3v) is 13.2. The first-order valence-electron chi connectivity index (χ1n) is 25.1. The molecule has 19 nitrogen and oxygen atoms in total. The average Bonchev–Trinajstić information content (AvgIpc) is 3.90. The minimum atomic E-state index is -1.62. The highest BCUT2D eigenvalue weighted by Crippen LogP contribution is 2.23. The standard InChI is InChI=1S/C49H79N7O12/c1-4-5-6-7-8-9-10-11-12-13-14-15-16-19-41(62)51-37-18-17-26-50-46(65)39-27-35(60)29-55(39)48(67)42(31(2)57)54-45(64)38(25-22-33-20-23-34(59)24-21-33)52-47(66)40-28-36(61)30-56(40)49(68)43(32(3)58)53-44(37)63/h20-21,23-24,31-32,35-40,42-43,57-61H,4-19,22,25-30H2,1-3H3,(H,50,65)(H,51,62)(H,52,66)(H,53,63)(H,54,64)/t31-,32-,35-,36-,37+,38+,39+,40+,42+,43+/m1/s1. The summed E-state index contributed by atoms with van der Waals surface area (Å²) >= 11 is 0. The van der Waals surface area contributed by atoms with Crippen molar-refractivity contribution in [3.63, 3.8) is 0 Å². The molecule has 3 saturated heterocycles. The molecule has 3 heterocycles. The molecule has 0 unspecified atom stereocenters. The van der Waals surface area contributed by atoms with E-state index >= 15 is 0 Å². The first-order chi connectivity index (χ1) is 32.5. The minimum Gasteiger partial charge on any atom is -0.508 e. The van der Waals surface area contributed by atoms with Gasteiger partial charge in [-0.3, -0.25) is 33.6 Å². The molecule has 1 aromatic rings. The number of nitrogens with one attached hydrogen (secondary N) is 5. The first kappa shape index (κ1) is 55.7. The van der Waals surface area contributed by atoms with E-state index in [4.69, 9.17) is 0 Å². The summed E-state index contributed by atoms with van der Waals surface area (Å²) in [5.41, 5.74) is 0.674. The fraction of sp³-hybridized carbons (Fsp3) is 0.735. The second-order valence-electron chi connectivity index (χ2n) is 19.1. The number of hydrogen-bond acceptors (Lipinski definition) is 12. The Hall–Kier alpha value is -4.85. The lowest BCUT2D eigenvalue weighted by Crippen LogP contribution is -2.61. The lowest BCUT2D eigenvalue weighted by Gasteiger charge is -2.32. The van der Waals surface area contributed by atoms with Crippen LogP contribution in [0.15, 0.2) is 24.3 Å². The van der Waals surface area contributed by atoms with Crippen molar-refractivity contribution in [3.05, 3.63) is 29.8 Å². The Labute approximate surface area is 400 Å². The van der Waals surface area contributed by atoms with Crippen LogP contribution in [0.25, 0.3) is 0 Å². The highest BCUT2D eigenvalue weighted by atomic mass is 16.3. The molecule has 0 bridgehead atoms. The Kier molecular flexibility index (Phi) is 23.4. The molecule has 10 N–H and O–H groups in total. The summed E-state index contributed by atoms with van der Waals surface area (Å²) in [5, 5.41) is 66.2. The van der Waals surface area contributed by atoms with Gasteiger partial charge in [0.05, 0.1) is 24.4 Å². The molecule has 3 fully saturated rings. The SMILES string of the molecule is CCCCCCCCCCCCCCCC(=O)N[C@H]1CCCNC(=O)[C@@H]2C[C@@H](O)CN2C(=O)[C@H]([C@@H](C)O)NC(=O)[C@H](CCc2ccc(O)cc2)NC(=O)[C@@H]2C[C@@H](O)CN2C(=O)[C@H]([C@@H](C)O)NC1=O. The van der Waals surface area contributed by atoms with E-state index in [-0.39, 0.29) is 70.3 Å². The number of carbonyl (C=O) groups is 7. The molecule has 0 aliphatic carbocycles. The molecule has 0 aromatic heterocycles. The zero-order valence-electron chi connectivity index (χ0n) is 40.3. The summed E-state index contributed by atoms with van der Waals surface area (Å²) in [7, 11) is 0. The second-order valence-corrected chi connectivity index (χ2v) is 19.1. The molecule has 0 radical (unpaired) electrons. The topological polar surface area (TPSA) is 287 Å². The summed E-state index contributed by atoms with van der Waals surface area (Å²) in [5.74, 6) is -5.33. The van der Waals surface area contributed by atoms with Gasteiger partial charge in [-0.1, -0.05) is 96.1 Å². The summed E-state index contributed by atoms with van der Waals surface area (Å²) in [6.45, 7) is 4.11. The van der Waals surface area contributed by atoms with Gasteiger partial charge < -0.3 is 61.9 Å². The third kappa shape index (κ3) is 17.6. The maximum Gasteiger partial charge on any atom is 0.248 e. The maximum absolute atomic E-state index is 14.2. The molecule has 19 heteroatoms. The number of aryl methyl sites for hydroxylation is 1. The highest BCUT2D eigenvalue weighted by molar-refractivity contribution is 5.98. The zero-order chi connectivity index (χ0) is 49.8. The molecular formula is C49H79N7O12. The number of benzene rings is 1. The third-order valence-electron chi connectivity index (χ3n) is 13.2. The van der Waals surface area contributed by atoms with Gasteiger partial charge >= 0.3 is 0 Å². The second kappa shape index (κ2) is 28.6. The van der Waals surface area contributed by atoms with Crippen molar-refractivity contribution >= 4 is 41.4 Å². The number of fused-ring (bicyclic) bond motifs is 2. The number of aliphatic hydroxyl groups is 4. The molecule has 382 valence electrons. The number of phenols is 1. The number of rotatable bonds is 20. The van der Waals surface area contributed by atoms with Crippen molar-refractivity contribution in [3.8, 4) is 5.75 Å². The molecule has 7 amide bonds. The summed E-state index contributed by atoms with van der Waals surface area (Å²) < 4.78 is 0. The van der Waals surface area contributed by atoms with E-state index in [0.717, 1.165) is 35.5 Å². The lowest BCUT2D eigenvalue weighted by atomic mass is 10.0. The van der Waals surface area contributed by atoms with E-state index in [1.165, 1.54) is 77.3 Å². The largest absolute Gasteiger partial charge is 0.508 e. The smallest absolute Gasteiger partial charge is 0.248 e. The Balaban J connectivity index is 1.53. The Morgan fingerprint density at radius 3 is 1.68 bits per heavy atom. The number of aromatic hydroxyl groups is 1. The molecule has 3 aliphatic heterocycles. The molecule has 0 spiro atoms. The van der Waals surface area contributed by atoms with Gasteiger partial charge in [0.25, 0.3) is 0 Å². The van der Waals surface area contributed by atoms with Gasteiger partial charge in [-0.05, 0) is 63.6 Å². The van der Waals surface area contributed by atoms with Crippen LogP contribution in [0.1, 0.15) is 148 Å². The summed E-state index contributed by atoms with van der Waals surface area (Å²) in [4.78, 5) is 99.6. The van der Waals surface area contributed by atoms with Crippen molar-refractivity contribution in [1.29, 1.82) is 0 Å². The van der Waals surface area contributed by atoms with Gasteiger partial charge in [-0.2, -0.15) is 0 Å². The van der Waals surface area contributed by atoms with E-state index in [2.05, 4.69) is 33.5 Å². The molecule has 0 saturated carbocycles. The van der Waals surface area contributed by atoms with Crippen molar-refractivity contribution in [2.75, 3.05) is 19.6 Å². The fourth-order valence-electron chi connectivity index (χ4n) is 9.24. The lowest BCUT2D eigenvalue weighted by molar-refractivity contribution is -0.145. The molecule has 4 rings (SSSR count). The van der Waals surface area contributed by atoms with Gasteiger partial charge in [0.2, 0.25) is 41.4 Å². The quantitative estimate of drug-likeness (QED) is 0.0830. The maximum atomic E-state index is 14.2. The van der Waals surface area contributed by atoms with Crippen LogP contribution in [0.4, 0.5) is 0 Å². The monoisotopic (exact) mass is 958 g/mol. The minimum absolute atomic E-state index is 0.00648. The number of carbonyl (C=O) groups excluding carboxylic acids is 7. The van der Waals surface area contributed by atoms with Crippen molar-refractivity contribution < 1.29 is 59.1 Å². The van der Waals surface area contributed by atoms with E-state index < -0.39 is 102 Å². The number of phenolic OH excluding ortho intramolecular Hbond substituents is 1. The number of aliphatic hydroxyl groups excluding tert-OH is 4. The fourth-order valence-corrected chi connectivity index (χ4v) is 9.24. The summed E-state index contributed by atoms with van der Waals surface area (Å²) in [6.07, 6.45) is 9.43. The van der Waals surface area contributed by atoms with Gasteiger partial charge in [0, 0.05) is 38.9 Å². The van der Waals surface area contributed by atoms with Crippen LogP contribution >= 0.6 is 0 Å².